The van der Waals surface area contributed by atoms with Gasteiger partial charge in [0.2, 0.25) is 12.1 Å². The van der Waals surface area contributed by atoms with Gasteiger partial charge >= 0.3 is 0 Å². The summed E-state index contributed by atoms with van der Waals surface area (Å²) >= 11 is 0. The Hall–Kier alpha value is -0.160. The standard InChI is InChI=1S/C9H14O4/c1-4-11-9(12-5-1)3-2-7-6-10-8(9)13-7/h7-8H,1-6H2/t7-,8+/m0/s1. The molecule has 3 heterocycles. The third kappa shape index (κ3) is 1.21. The van der Waals surface area contributed by atoms with Gasteiger partial charge in [0.25, 0.3) is 0 Å². The average Bonchev–Trinajstić information content (AvgIpc) is 2.60. The van der Waals surface area contributed by atoms with Crippen LogP contribution in [0.1, 0.15) is 19.3 Å². The average molecular weight is 186 g/mol. The summed E-state index contributed by atoms with van der Waals surface area (Å²) in [6.07, 6.45) is 2.84. The Morgan fingerprint density at radius 1 is 1.15 bits per heavy atom. The highest BCUT2D eigenvalue weighted by Gasteiger charge is 2.52. The van der Waals surface area contributed by atoms with E-state index in [2.05, 4.69) is 0 Å². The van der Waals surface area contributed by atoms with E-state index in [1.165, 1.54) is 0 Å². The molecule has 3 saturated heterocycles. The molecule has 0 unspecified atom stereocenters. The largest absolute Gasteiger partial charge is 0.345 e. The molecule has 2 atom stereocenters. The van der Waals surface area contributed by atoms with E-state index >= 15 is 0 Å². The minimum atomic E-state index is -0.578. The first-order valence-electron chi connectivity index (χ1n) is 4.94. The first-order chi connectivity index (χ1) is 6.39. The molecule has 74 valence electrons. The van der Waals surface area contributed by atoms with E-state index in [0.29, 0.717) is 6.61 Å². The van der Waals surface area contributed by atoms with Gasteiger partial charge in [0.1, 0.15) is 0 Å². The molecule has 3 fully saturated rings. The number of fused-ring (bicyclic) bond motifs is 3. The maximum Gasteiger partial charge on any atom is 0.220 e. The van der Waals surface area contributed by atoms with Gasteiger partial charge in [0, 0.05) is 6.42 Å². The molecule has 0 aliphatic carbocycles. The number of rotatable bonds is 0. The second-order valence-corrected chi connectivity index (χ2v) is 3.82. The van der Waals surface area contributed by atoms with Crippen LogP contribution in [0.25, 0.3) is 0 Å². The summed E-state index contributed by atoms with van der Waals surface area (Å²) in [5, 5.41) is 0. The lowest BCUT2D eigenvalue weighted by molar-refractivity contribution is -0.363. The van der Waals surface area contributed by atoms with E-state index in [1.807, 2.05) is 0 Å². The molecule has 0 aromatic rings. The molecule has 0 saturated carbocycles. The summed E-state index contributed by atoms with van der Waals surface area (Å²) in [5.41, 5.74) is 0. The van der Waals surface area contributed by atoms with Crippen LogP contribution in [-0.2, 0) is 18.9 Å². The van der Waals surface area contributed by atoms with Crippen LogP contribution in [0.2, 0.25) is 0 Å². The summed E-state index contributed by atoms with van der Waals surface area (Å²) in [7, 11) is 0. The van der Waals surface area contributed by atoms with Gasteiger partial charge in [-0.15, -0.1) is 0 Å². The molecular weight excluding hydrogens is 172 g/mol. The molecule has 4 heteroatoms. The zero-order valence-electron chi connectivity index (χ0n) is 7.53. The number of hydrogen-bond donors (Lipinski definition) is 0. The fourth-order valence-electron chi connectivity index (χ4n) is 2.18. The SMILES string of the molecule is C1COC2(CC[C@H]3CO[C@@H]2O3)OC1. The predicted octanol–water partition coefficient (Wildman–Crippen LogP) is 0.655. The monoisotopic (exact) mass is 186 g/mol. The van der Waals surface area contributed by atoms with Gasteiger partial charge in [0.05, 0.1) is 25.9 Å². The van der Waals surface area contributed by atoms with Gasteiger partial charge in [-0.3, -0.25) is 0 Å². The van der Waals surface area contributed by atoms with E-state index in [1.54, 1.807) is 0 Å². The lowest BCUT2D eigenvalue weighted by Gasteiger charge is -2.42. The van der Waals surface area contributed by atoms with Gasteiger partial charge in [-0.25, -0.2) is 0 Å². The summed E-state index contributed by atoms with van der Waals surface area (Å²) in [5.74, 6) is -0.578. The number of hydrogen-bond acceptors (Lipinski definition) is 4. The minimum Gasteiger partial charge on any atom is -0.345 e. The second-order valence-electron chi connectivity index (χ2n) is 3.82. The molecule has 3 aliphatic heterocycles. The van der Waals surface area contributed by atoms with Crippen molar-refractivity contribution in [2.75, 3.05) is 19.8 Å². The normalized spacial score (nSPS) is 42.5. The first-order valence-corrected chi connectivity index (χ1v) is 4.94. The fourth-order valence-corrected chi connectivity index (χ4v) is 2.18. The van der Waals surface area contributed by atoms with E-state index < -0.39 is 5.79 Å². The first kappa shape index (κ1) is 8.17. The van der Waals surface area contributed by atoms with Gasteiger partial charge < -0.3 is 18.9 Å². The van der Waals surface area contributed by atoms with Crippen molar-refractivity contribution in [3.63, 3.8) is 0 Å². The lowest BCUT2D eigenvalue weighted by atomic mass is 10.0. The maximum absolute atomic E-state index is 5.66. The fraction of sp³-hybridized carbons (Fsp3) is 1.00. The molecule has 0 N–H and O–H groups in total. The van der Waals surface area contributed by atoms with Gasteiger partial charge in [-0.1, -0.05) is 0 Å². The Kier molecular flexibility index (Phi) is 1.83. The van der Waals surface area contributed by atoms with Crippen molar-refractivity contribution in [2.24, 2.45) is 0 Å². The Balaban J connectivity index is 1.80. The van der Waals surface area contributed by atoms with Crippen molar-refractivity contribution in [3.8, 4) is 0 Å². The van der Waals surface area contributed by atoms with Crippen LogP contribution in [-0.4, -0.2) is 38.0 Å². The van der Waals surface area contributed by atoms with Crippen molar-refractivity contribution in [3.05, 3.63) is 0 Å². The summed E-state index contributed by atoms with van der Waals surface area (Å²) in [4.78, 5) is 0. The van der Waals surface area contributed by atoms with E-state index in [-0.39, 0.29) is 12.4 Å². The molecular formula is C9H14O4. The predicted molar refractivity (Wildman–Crippen MR) is 43.1 cm³/mol. The zero-order chi connectivity index (χ0) is 8.73. The van der Waals surface area contributed by atoms with Crippen molar-refractivity contribution >= 4 is 0 Å². The quantitative estimate of drug-likeness (QED) is 0.556. The smallest absolute Gasteiger partial charge is 0.220 e. The topological polar surface area (TPSA) is 36.9 Å². The molecule has 4 nitrogen and oxygen atoms in total. The summed E-state index contributed by atoms with van der Waals surface area (Å²) in [6.45, 7) is 2.21. The third-order valence-corrected chi connectivity index (χ3v) is 2.90. The molecule has 0 amide bonds. The van der Waals surface area contributed by atoms with Gasteiger partial charge in [0.15, 0.2) is 0 Å². The van der Waals surface area contributed by atoms with Crippen LogP contribution in [0.5, 0.6) is 0 Å². The Morgan fingerprint density at radius 3 is 2.85 bits per heavy atom. The van der Waals surface area contributed by atoms with E-state index in [0.717, 1.165) is 32.5 Å². The highest BCUT2D eigenvalue weighted by molar-refractivity contribution is 4.88. The third-order valence-electron chi connectivity index (χ3n) is 2.90. The van der Waals surface area contributed by atoms with Gasteiger partial charge in [-0.2, -0.15) is 0 Å². The Bertz CT molecular complexity index is 200. The molecule has 2 bridgehead atoms. The van der Waals surface area contributed by atoms with Crippen LogP contribution in [0, 0.1) is 0 Å². The summed E-state index contributed by atoms with van der Waals surface area (Å²) in [6, 6.07) is 0. The second kappa shape index (κ2) is 2.92. The zero-order valence-corrected chi connectivity index (χ0v) is 7.53. The molecule has 0 aromatic heterocycles. The van der Waals surface area contributed by atoms with E-state index in [4.69, 9.17) is 18.9 Å². The lowest BCUT2D eigenvalue weighted by Crippen LogP contribution is -2.53. The molecule has 0 radical (unpaired) electrons. The molecule has 13 heavy (non-hydrogen) atoms. The van der Waals surface area contributed by atoms with E-state index in [9.17, 15) is 0 Å². The highest BCUT2D eigenvalue weighted by Crippen LogP contribution is 2.39. The van der Waals surface area contributed by atoms with Crippen LogP contribution in [0.15, 0.2) is 0 Å². The van der Waals surface area contributed by atoms with Crippen LogP contribution >= 0.6 is 0 Å². The Labute approximate surface area is 77.1 Å². The van der Waals surface area contributed by atoms with Crippen LogP contribution in [0.4, 0.5) is 0 Å². The van der Waals surface area contributed by atoms with Crippen LogP contribution < -0.4 is 0 Å². The molecule has 3 aliphatic rings. The summed E-state index contributed by atoms with van der Waals surface area (Å²) < 4.78 is 22.4. The molecule has 0 aromatic carbocycles. The molecule has 3 rings (SSSR count). The Morgan fingerprint density at radius 2 is 2.00 bits per heavy atom. The maximum atomic E-state index is 5.66. The number of ether oxygens (including phenoxy) is 4. The van der Waals surface area contributed by atoms with Gasteiger partial charge in [-0.05, 0) is 12.8 Å². The molecule has 1 spiro atoms. The van der Waals surface area contributed by atoms with Crippen molar-refractivity contribution in [1.82, 2.24) is 0 Å². The highest BCUT2D eigenvalue weighted by atomic mass is 16.8. The minimum absolute atomic E-state index is 0.268. The van der Waals surface area contributed by atoms with Crippen molar-refractivity contribution in [2.45, 2.75) is 37.4 Å². The van der Waals surface area contributed by atoms with Crippen LogP contribution in [0.3, 0.4) is 0 Å². The van der Waals surface area contributed by atoms with Crippen molar-refractivity contribution in [1.29, 1.82) is 0 Å². The van der Waals surface area contributed by atoms with Crippen molar-refractivity contribution < 1.29 is 18.9 Å².